The maximum absolute atomic E-state index is 12.1. The third-order valence-electron chi connectivity index (χ3n) is 3.84. The average Bonchev–Trinajstić information content (AvgIpc) is 2.53. The van der Waals surface area contributed by atoms with Crippen LogP contribution in [0.15, 0.2) is 36.4 Å². The molecule has 24 heavy (non-hydrogen) atoms. The Hall–Kier alpha value is -2.82. The summed E-state index contributed by atoms with van der Waals surface area (Å²) >= 11 is 0. The maximum atomic E-state index is 12.1. The van der Waals surface area contributed by atoms with E-state index < -0.39 is 5.97 Å². The Morgan fingerprint density at radius 1 is 1.12 bits per heavy atom. The predicted molar refractivity (Wildman–Crippen MR) is 92.8 cm³/mol. The number of ether oxygens (including phenoxy) is 1. The highest BCUT2D eigenvalue weighted by Crippen LogP contribution is 2.23. The first kappa shape index (κ1) is 17.5. The molecule has 0 saturated heterocycles. The van der Waals surface area contributed by atoms with Crippen LogP contribution in [-0.2, 0) is 11.2 Å². The van der Waals surface area contributed by atoms with E-state index in [0.717, 1.165) is 5.56 Å². The Morgan fingerprint density at radius 2 is 1.88 bits per heavy atom. The number of amides is 1. The van der Waals surface area contributed by atoms with E-state index in [9.17, 15) is 9.59 Å². The van der Waals surface area contributed by atoms with Crippen LogP contribution in [0.3, 0.4) is 0 Å². The zero-order chi connectivity index (χ0) is 17.7. The minimum absolute atomic E-state index is 0.0609. The van der Waals surface area contributed by atoms with Gasteiger partial charge in [-0.15, -0.1) is 0 Å². The van der Waals surface area contributed by atoms with Crippen molar-refractivity contribution in [2.45, 2.75) is 26.7 Å². The van der Waals surface area contributed by atoms with Gasteiger partial charge in [-0.05, 0) is 43.5 Å². The largest absolute Gasteiger partial charge is 0.496 e. The first-order valence-corrected chi connectivity index (χ1v) is 7.68. The van der Waals surface area contributed by atoms with Crippen molar-refractivity contribution in [3.8, 4) is 5.75 Å². The molecule has 0 aliphatic carbocycles. The van der Waals surface area contributed by atoms with Crippen LogP contribution in [0, 0.1) is 13.8 Å². The van der Waals surface area contributed by atoms with E-state index >= 15 is 0 Å². The van der Waals surface area contributed by atoms with Crippen molar-refractivity contribution >= 4 is 17.6 Å². The summed E-state index contributed by atoms with van der Waals surface area (Å²) in [6, 6.07) is 10.7. The van der Waals surface area contributed by atoms with E-state index in [1.807, 2.05) is 26.0 Å². The molecule has 0 saturated carbocycles. The molecule has 5 nitrogen and oxygen atoms in total. The summed E-state index contributed by atoms with van der Waals surface area (Å²) in [7, 11) is 1.40. The molecule has 2 rings (SSSR count). The molecule has 0 aliphatic heterocycles. The van der Waals surface area contributed by atoms with Crippen molar-refractivity contribution in [3.05, 3.63) is 58.7 Å². The Labute approximate surface area is 141 Å². The Kier molecular flexibility index (Phi) is 5.58. The summed E-state index contributed by atoms with van der Waals surface area (Å²) in [5.41, 5.74) is 4.10. The lowest BCUT2D eigenvalue weighted by molar-refractivity contribution is -0.116. The predicted octanol–water partition coefficient (Wildman–Crippen LogP) is 3.58. The van der Waals surface area contributed by atoms with Gasteiger partial charge in [0.25, 0.3) is 0 Å². The second kappa shape index (κ2) is 7.64. The SMILES string of the molecule is COc1cc(NC(=O)CCc2ccc(C)cc2C)ccc1C(=O)O. The molecule has 126 valence electrons. The molecule has 0 atom stereocenters. The molecule has 0 heterocycles. The number of aromatic carboxylic acids is 1. The van der Waals surface area contributed by atoms with Gasteiger partial charge in [-0.25, -0.2) is 4.79 Å². The van der Waals surface area contributed by atoms with Crippen LogP contribution < -0.4 is 10.1 Å². The number of rotatable bonds is 6. The molecule has 0 fully saturated rings. The molecule has 2 N–H and O–H groups in total. The maximum Gasteiger partial charge on any atom is 0.339 e. The summed E-state index contributed by atoms with van der Waals surface area (Å²) in [5.74, 6) is -0.977. The normalized spacial score (nSPS) is 10.3. The van der Waals surface area contributed by atoms with Crippen molar-refractivity contribution in [3.63, 3.8) is 0 Å². The Bertz CT molecular complexity index is 768. The third kappa shape index (κ3) is 4.35. The van der Waals surface area contributed by atoms with Gasteiger partial charge >= 0.3 is 5.97 Å². The van der Waals surface area contributed by atoms with Gasteiger partial charge in [0.1, 0.15) is 11.3 Å². The fourth-order valence-electron chi connectivity index (χ4n) is 2.54. The van der Waals surface area contributed by atoms with Crippen LogP contribution in [0.1, 0.15) is 33.5 Å². The van der Waals surface area contributed by atoms with Crippen molar-refractivity contribution in [2.24, 2.45) is 0 Å². The van der Waals surface area contributed by atoms with Crippen molar-refractivity contribution < 1.29 is 19.4 Å². The van der Waals surface area contributed by atoms with Gasteiger partial charge in [-0.1, -0.05) is 23.8 Å². The van der Waals surface area contributed by atoms with E-state index in [2.05, 4.69) is 11.4 Å². The van der Waals surface area contributed by atoms with Crippen LogP contribution in [0.5, 0.6) is 5.75 Å². The summed E-state index contributed by atoms with van der Waals surface area (Å²) < 4.78 is 5.05. The van der Waals surface area contributed by atoms with E-state index in [-0.39, 0.29) is 17.2 Å². The quantitative estimate of drug-likeness (QED) is 0.850. The number of carbonyl (C=O) groups is 2. The molecular formula is C19H21NO4. The second-order valence-electron chi connectivity index (χ2n) is 5.70. The topological polar surface area (TPSA) is 75.6 Å². The number of benzene rings is 2. The number of carboxylic acids is 1. The van der Waals surface area contributed by atoms with Crippen LogP contribution in [-0.4, -0.2) is 24.1 Å². The highest BCUT2D eigenvalue weighted by molar-refractivity contribution is 5.94. The number of anilines is 1. The molecule has 5 heteroatoms. The molecule has 0 radical (unpaired) electrons. The highest BCUT2D eigenvalue weighted by atomic mass is 16.5. The van der Waals surface area contributed by atoms with E-state index in [1.54, 1.807) is 6.07 Å². The second-order valence-corrected chi connectivity index (χ2v) is 5.70. The summed E-state index contributed by atoms with van der Waals surface area (Å²) in [4.78, 5) is 23.2. The number of hydrogen-bond donors (Lipinski definition) is 2. The van der Waals surface area contributed by atoms with E-state index in [4.69, 9.17) is 9.84 Å². The Balaban J connectivity index is 2.00. The van der Waals surface area contributed by atoms with Gasteiger partial charge in [0.05, 0.1) is 7.11 Å². The van der Waals surface area contributed by atoms with E-state index in [0.29, 0.717) is 18.5 Å². The minimum Gasteiger partial charge on any atom is -0.496 e. The van der Waals surface area contributed by atoms with Gasteiger partial charge < -0.3 is 15.2 Å². The molecular weight excluding hydrogens is 306 g/mol. The highest BCUT2D eigenvalue weighted by Gasteiger charge is 2.12. The molecule has 2 aromatic rings. The molecule has 2 aromatic carbocycles. The van der Waals surface area contributed by atoms with Gasteiger partial charge in [0.15, 0.2) is 0 Å². The number of hydrogen-bond acceptors (Lipinski definition) is 3. The average molecular weight is 327 g/mol. The monoisotopic (exact) mass is 327 g/mol. The fraction of sp³-hybridized carbons (Fsp3) is 0.263. The number of aryl methyl sites for hydroxylation is 3. The third-order valence-corrected chi connectivity index (χ3v) is 3.84. The van der Waals surface area contributed by atoms with Crippen LogP contribution >= 0.6 is 0 Å². The van der Waals surface area contributed by atoms with Crippen LogP contribution in [0.25, 0.3) is 0 Å². The first-order valence-electron chi connectivity index (χ1n) is 7.68. The van der Waals surface area contributed by atoms with Gasteiger partial charge in [-0.2, -0.15) is 0 Å². The standard InChI is InChI=1S/C19H21NO4/c1-12-4-5-14(13(2)10-12)6-9-18(21)20-15-7-8-16(19(22)23)17(11-15)24-3/h4-5,7-8,10-11H,6,9H2,1-3H3,(H,20,21)(H,22,23). The summed E-state index contributed by atoms with van der Waals surface area (Å²) in [6.45, 7) is 4.08. The lowest BCUT2D eigenvalue weighted by Gasteiger charge is -2.10. The Morgan fingerprint density at radius 3 is 2.50 bits per heavy atom. The van der Waals surface area contributed by atoms with E-state index in [1.165, 1.54) is 30.4 Å². The van der Waals surface area contributed by atoms with Crippen molar-refractivity contribution in [2.75, 3.05) is 12.4 Å². The van der Waals surface area contributed by atoms with Crippen LogP contribution in [0.4, 0.5) is 5.69 Å². The molecule has 0 aromatic heterocycles. The number of nitrogens with one attached hydrogen (secondary N) is 1. The van der Waals surface area contributed by atoms with Crippen molar-refractivity contribution in [1.29, 1.82) is 0 Å². The molecule has 0 spiro atoms. The lowest BCUT2D eigenvalue weighted by atomic mass is 10.0. The number of methoxy groups -OCH3 is 1. The number of carboxylic acid groups (broad SMARTS) is 1. The summed E-state index contributed by atoms with van der Waals surface area (Å²) in [6.07, 6.45) is 1.01. The zero-order valence-electron chi connectivity index (χ0n) is 14.1. The van der Waals surface area contributed by atoms with Crippen molar-refractivity contribution in [1.82, 2.24) is 0 Å². The van der Waals surface area contributed by atoms with Crippen LogP contribution in [0.2, 0.25) is 0 Å². The first-order chi connectivity index (χ1) is 11.4. The lowest BCUT2D eigenvalue weighted by Crippen LogP contribution is -2.13. The van der Waals surface area contributed by atoms with Gasteiger partial charge in [-0.3, -0.25) is 4.79 Å². The molecule has 1 amide bonds. The molecule has 0 bridgehead atoms. The van der Waals surface area contributed by atoms with Gasteiger partial charge in [0, 0.05) is 18.2 Å². The fourth-order valence-corrected chi connectivity index (χ4v) is 2.54. The number of carbonyl (C=O) groups excluding carboxylic acids is 1. The molecule has 0 unspecified atom stereocenters. The van der Waals surface area contributed by atoms with Gasteiger partial charge in [0.2, 0.25) is 5.91 Å². The summed E-state index contributed by atoms with van der Waals surface area (Å²) in [5, 5.41) is 11.8. The zero-order valence-corrected chi connectivity index (χ0v) is 14.1. The smallest absolute Gasteiger partial charge is 0.339 e. The molecule has 0 aliphatic rings. The minimum atomic E-state index is -1.07.